The number of nitrogen functional groups attached to an aromatic ring is 2. The molecule has 0 saturated carbocycles. The third kappa shape index (κ3) is 2.33. The summed E-state index contributed by atoms with van der Waals surface area (Å²) in [5.74, 6) is -0.0233. The van der Waals surface area contributed by atoms with E-state index in [9.17, 15) is 4.79 Å². The minimum Gasteiger partial charge on any atom is -0.398 e. The van der Waals surface area contributed by atoms with Crippen molar-refractivity contribution in [3.8, 4) is 0 Å². The van der Waals surface area contributed by atoms with Crippen LogP contribution in [-0.2, 0) is 4.79 Å². The second-order valence-corrected chi connectivity index (χ2v) is 7.00. The monoisotopic (exact) mass is 362 g/mol. The number of hydrogen-bond acceptors (Lipinski definition) is 3. The number of fused-ring (bicyclic) bond motifs is 3. The number of nitrogens with two attached hydrogens (primary N) is 2. The number of rotatable bonds is 2. The quantitative estimate of drug-likeness (QED) is 0.642. The minimum atomic E-state index is -0.0233. The van der Waals surface area contributed by atoms with Gasteiger partial charge in [0.25, 0.3) is 0 Å². The third-order valence-electron chi connectivity index (χ3n) is 5.35. The van der Waals surface area contributed by atoms with Gasteiger partial charge < -0.3 is 11.5 Å². The van der Waals surface area contributed by atoms with E-state index in [4.69, 9.17) is 11.5 Å². The number of allylic oxidation sites excluding steroid dienone is 5. The lowest BCUT2D eigenvalue weighted by Gasteiger charge is -2.22. The normalized spacial score (nSPS) is 15.1. The zero-order valence-electron chi connectivity index (χ0n) is 15.1. The van der Waals surface area contributed by atoms with Crippen molar-refractivity contribution in [2.75, 3.05) is 11.5 Å². The average molecular weight is 362 g/mol. The first-order valence-electron chi connectivity index (χ1n) is 9.17. The van der Waals surface area contributed by atoms with E-state index in [0.29, 0.717) is 22.5 Å². The molecule has 0 aromatic heterocycles. The second-order valence-electron chi connectivity index (χ2n) is 7.00. The van der Waals surface area contributed by atoms with Gasteiger partial charge in [0.05, 0.1) is 0 Å². The molecule has 0 aliphatic heterocycles. The zero-order chi connectivity index (χ0) is 19.3. The highest BCUT2D eigenvalue weighted by Crippen LogP contribution is 2.47. The Morgan fingerprint density at radius 1 is 0.571 bits per heavy atom. The third-order valence-corrected chi connectivity index (χ3v) is 5.35. The molecule has 2 aliphatic carbocycles. The van der Waals surface area contributed by atoms with Crippen LogP contribution < -0.4 is 11.5 Å². The Kier molecular flexibility index (Phi) is 3.56. The summed E-state index contributed by atoms with van der Waals surface area (Å²) in [7, 11) is 0. The van der Waals surface area contributed by atoms with Crippen molar-refractivity contribution in [3.05, 3.63) is 107 Å². The van der Waals surface area contributed by atoms with E-state index in [1.807, 2.05) is 78.9 Å². The first-order valence-corrected chi connectivity index (χ1v) is 9.17. The molecule has 0 fully saturated rings. The summed E-state index contributed by atoms with van der Waals surface area (Å²) in [5, 5.41) is 0. The maximum atomic E-state index is 13.7. The van der Waals surface area contributed by atoms with Gasteiger partial charge in [0.15, 0.2) is 5.78 Å². The fourth-order valence-electron chi connectivity index (χ4n) is 4.01. The summed E-state index contributed by atoms with van der Waals surface area (Å²) < 4.78 is 0. The van der Waals surface area contributed by atoms with Crippen molar-refractivity contribution < 1.29 is 4.79 Å². The van der Waals surface area contributed by atoms with Crippen LogP contribution in [0.15, 0.2) is 84.4 Å². The molecule has 0 atom stereocenters. The molecule has 3 aromatic rings. The number of para-hydroxylation sites is 2. The molecule has 134 valence electrons. The predicted octanol–water partition coefficient (Wildman–Crippen LogP) is 4.83. The maximum absolute atomic E-state index is 13.7. The molecular weight excluding hydrogens is 344 g/mol. The van der Waals surface area contributed by atoms with Gasteiger partial charge in [0.1, 0.15) is 0 Å². The van der Waals surface area contributed by atoms with Crippen LogP contribution in [0, 0.1) is 0 Å². The summed E-state index contributed by atoms with van der Waals surface area (Å²) in [6.45, 7) is 0. The molecule has 0 amide bonds. The number of Topliss-reactive ketones (excluding diaryl/α,β-unsaturated/α-hetero) is 1. The van der Waals surface area contributed by atoms with Gasteiger partial charge >= 0.3 is 0 Å². The molecule has 0 unspecified atom stereocenters. The van der Waals surface area contributed by atoms with Crippen molar-refractivity contribution in [1.29, 1.82) is 0 Å². The molecule has 0 bridgehead atoms. The lowest BCUT2D eigenvalue weighted by atomic mass is 9.80. The van der Waals surface area contributed by atoms with E-state index in [0.717, 1.165) is 33.4 Å². The Hall–Kier alpha value is -3.85. The largest absolute Gasteiger partial charge is 0.398 e. The van der Waals surface area contributed by atoms with Crippen molar-refractivity contribution >= 4 is 40.0 Å². The Labute approximate surface area is 163 Å². The Bertz CT molecular complexity index is 1240. The lowest BCUT2D eigenvalue weighted by molar-refractivity contribution is -0.110. The van der Waals surface area contributed by atoms with E-state index >= 15 is 0 Å². The molecule has 2 aliphatic rings. The molecule has 3 nitrogen and oxygen atoms in total. The topological polar surface area (TPSA) is 69.1 Å². The van der Waals surface area contributed by atoms with Crippen LogP contribution in [0.3, 0.4) is 0 Å². The van der Waals surface area contributed by atoms with Crippen molar-refractivity contribution in [1.82, 2.24) is 0 Å². The van der Waals surface area contributed by atoms with Gasteiger partial charge in [-0.15, -0.1) is 0 Å². The first kappa shape index (κ1) is 16.3. The van der Waals surface area contributed by atoms with Crippen molar-refractivity contribution in [2.45, 2.75) is 0 Å². The Morgan fingerprint density at radius 2 is 1.14 bits per heavy atom. The van der Waals surface area contributed by atoms with Gasteiger partial charge in [0.2, 0.25) is 0 Å². The van der Waals surface area contributed by atoms with E-state index in [2.05, 4.69) is 6.08 Å². The van der Waals surface area contributed by atoms with E-state index in [-0.39, 0.29) is 5.78 Å². The van der Waals surface area contributed by atoms with Crippen LogP contribution in [0.4, 0.5) is 11.4 Å². The average Bonchev–Trinajstić information content (AvgIpc) is 3.08. The molecule has 4 N–H and O–H groups in total. The Morgan fingerprint density at radius 3 is 1.82 bits per heavy atom. The van der Waals surface area contributed by atoms with E-state index in [1.165, 1.54) is 0 Å². The van der Waals surface area contributed by atoms with Crippen molar-refractivity contribution in [3.63, 3.8) is 0 Å². The summed E-state index contributed by atoms with van der Waals surface area (Å²) in [6, 6.07) is 23.2. The number of anilines is 2. The van der Waals surface area contributed by atoms with Crippen LogP contribution in [0.2, 0.25) is 0 Å². The summed E-state index contributed by atoms with van der Waals surface area (Å²) in [5.41, 5.74) is 20.5. The number of carbonyl (C=O) groups excluding carboxylic acids is 1. The van der Waals surface area contributed by atoms with Crippen LogP contribution in [0.5, 0.6) is 0 Å². The molecule has 0 heterocycles. The number of ketones is 1. The number of carbonyl (C=O) groups is 1. The maximum Gasteiger partial charge on any atom is 0.194 e. The molecular formula is C25H18N2O. The van der Waals surface area contributed by atoms with Crippen LogP contribution in [-0.4, -0.2) is 5.78 Å². The fourth-order valence-corrected chi connectivity index (χ4v) is 4.01. The lowest BCUT2D eigenvalue weighted by Crippen LogP contribution is -2.13. The van der Waals surface area contributed by atoms with Gasteiger partial charge in [-0.1, -0.05) is 60.7 Å². The highest BCUT2D eigenvalue weighted by atomic mass is 16.1. The van der Waals surface area contributed by atoms with Gasteiger partial charge in [-0.2, -0.15) is 0 Å². The summed E-state index contributed by atoms with van der Waals surface area (Å²) in [6.07, 6.45) is 4.04. The highest BCUT2D eigenvalue weighted by Gasteiger charge is 2.33. The highest BCUT2D eigenvalue weighted by molar-refractivity contribution is 6.45. The standard InChI is InChI=1S/C25H18N2O/c26-22-11-5-3-9-17(22)20-14-19-16-8-2-1-7-15(16)13-21(19)25(28)24(20)18-10-4-6-12-23(18)27/h1-14H,26-27H2. The smallest absolute Gasteiger partial charge is 0.194 e. The van der Waals surface area contributed by atoms with Crippen LogP contribution >= 0.6 is 0 Å². The molecule has 0 saturated heterocycles. The molecule has 3 heteroatoms. The minimum absolute atomic E-state index is 0.0233. The second kappa shape index (κ2) is 6.10. The number of hydrogen-bond donors (Lipinski definition) is 2. The van der Waals surface area contributed by atoms with E-state index in [1.54, 1.807) is 0 Å². The number of benzene rings is 3. The fraction of sp³-hybridized carbons (Fsp3) is 0. The first-order chi connectivity index (χ1) is 13.6. The van der Waals surface area contributed by atoms with Gasteiger partial charge in [-0.3, -0.25) is 4.79 Å². The molecule has 3 aromatic carbocycles. The van der Waals surface area contributed by atoms with Gasteiger partial charge in [-0.25, -0.2) is 0 Å². The molecule has 28 heavy (non-hydrogen) atoms. The molecule has 0 radical (unpaired) electrons. The van der Waals surface area contributed by atoms with E-state index < -0.39 is 0 Å². The molecule has 0 spiro atoms. The molecule has 5 rings (SSSR count). The Balaban J connectivity index is 1.85. The summed E-state index contributed by atoms with van der Waals surface area (Å²) >= 11 is 0. The van der Waals surface area contributed by atoms with Crippen molar-refractivity contribution in [2.24, 2.45) is 0 Å². The predicted molar refractivity (Wildman–Crippen MR) is 116 cm³/mol. The summed E-state index contributed by atoms with van der Waals surface area (Å²) in [4.78, 5) is 13.7. The van der Waals surface area contributed by atoms with Crippen LogP contribution in [0.25, 0.3) is 22.8 Å². The van der Waals surface area contributed by atoms with Gasteiger partial charge in [0, 0.05) is 33.6 Å². The van der Waals surface area contributed by atoms with Crippen LogP contribution in [0.1, 0.15) is 22.3 Å². The van der Waals surface area contributed by atoms with Gasteiger partial charge in [-0.05, 0) is 46.6 Å². The zero-order valence-corrected chi connectivity index (χ0v) is 15.1. The SMILES string of the molecule is Nc1ccccc1C1=C(c2ccccc2N)C(=O)C2=Cc3ccccc3C2=C1.